The van der Waals surface area contributed by atoms with E-state index in [1.807, 2.05) is 26.8 Å². The monoisotopic (exact) mass is 276 g/mol. The molecule has 2 aromatic carbocycles. The lowest BCUT2D eigenvalue weighted by atomic mass is 9.97. The summed E-state index contributed by atoms with van der Waals surface area (Å²) in [4.78, 5) is 0. The van der Waals surface area contributed by atoms with E-state index in [0.717, 1.165) is 16.7 Å². The highest BCUT2D eigenvalue weighted by molar-refractivity contribution is 7.75. The van der Waals surface area contributed by atoms with Crippen LogP contribution in [-0.4, -0.2) is 10.2 Å². The second kappa shape index (κ2) is 5.05. The Labute approximate surface area is 118 Å². The molecule has 0 fully saturated rings. The van der Waals surface area contributed by atoms with Crippen LogP contribution in [0.2, 0.25) is 0 Å². The largest absolute Gasteiger partial charge is 0.507 e. The van der Waals surface area contributed by atoms with E-state index >= 15 is 0 Å². The fourth-order valence-electron chi connectivity index (χ4n) is 2.04. The summed E-state index contributed by atoms with van der Waals surface area (Å²) in [7, 11) is 0. The van der Waals surface area contributed by atoms with Crippen molar-refractivity contribution >= 4 is 12.9 Å². The maximum atomic E-state index is 10.2. The zero-order chi connectivity index (χ0) is 14.2. The van der Waals surface area contributed by atoms with Crippen molar-refractivity contribution in [1.29, 1.82) is 0 Å². The molecule has 19 heavy (non-hydrogen) atoms. The van der Waals surface area contributed by atoms with E-state index in [-0.39, 0.29) is 17.2 Å². The minimum Gasteiger partial charge on any atom is -0.507 e. The van der Waals surface area contributed by atoms with Gasteiger partial charge in [0.25, 0.3) is 0 Å². The minimum atomic E-state index is -0.0286. The van der Waals surface area contributed by atoms with E-state index in [2.05, 4.69) is 12.9 Å². The van der Waals surface area contributed by atoms with Crippen molar-refractivity contribution in [1.82, 2.24) is 0 Å². The van der Waals surface area contributed by atoms with Gasteiger partial charge >= 0.3 is 0 Å². The molecule has 0 aliphatic heterocycles. The third-order valence-corrected chi connectivity index (χ3v) is 3.42. The van der Waals surface area contributed by atoms with Crippen LogP contribution in [0.3, 0.4) is 0 Å². The van der Waals surface area contributed by atoms with Crippen molar-refractivity contribution < 1.29 is 14.4 Å². The first-order valence-corrected chi connectivity index (χ1v) is 6.26. The van der Waals surface area contributed by atoms with Gasteiger partial charge in [-0.05, 0) is 61.7 Å². The maximum Gasteiger partial charge on any atom is 0.179 e. The third-order valence-electron chi connectivity index (χ3n) is 3.22. The standard InChI is InChI=1S/C15H16O3S/c1-8-4-12(15(17)14(5-8)18-19)11-6-9(2)10(3)7-13(11)16/h4-7,16-17,19H,1-3H3. The van der Waals surface area contributed by atoms with Crippen LogP contribution in [0.4, 0.5) is 0 Å². The number of rotatable bonds is 2. The highest BCUT2D eigenvalue weighted by Crippen LogP contribution is 2.42. The minimum absolute atomic E-state index is 0.0286. The molecule has 0 amide bonds. The highest BCUT2D eigenvalue weighted by Gasteiger charge is 2.15. The van der Waals surface area contributed by atoms with Crippen LogP contribution >= 0.6 is 12.9 Å². The Kier molecular flexibility index (Phi) is 3.62. The molecule has 2 aromatic rings. The van der Waals surface area contributed by atoms with Gasteiger partial charge in [0.05, 0.1) is 0 Å². The molecule has 0 aromatic heterocycles. The van der Waals surface area contributed by atoms with Gasteiger partial charge in [-0.15, -0.1) is 0 Å². The first-order valence-electron chi connectivity index (χ1n) is 5.89. The molecule has 2 N–H and O–H groups in total. The van der Waals surface area contributed by atoms with Gasteiger partial charge in [0.2, 0.25) is 0 Å². The summed E-state index contributed by atoms with van der Waals surface area (Å²) in [6.45, 7) is 5.77. The van der Waals surface area contributed by atoms with Crippen molar-refractivity contribution in [3.63, 3.8) is 0 Å². The predicted octanol–water partition coefficient (Wildman–Crippen LogP) is 3.91. The lowest BCUT2D eigenvalue weighted by Crippen LogP contribution is -1.89. The second-order valence-corrected chi connectivity index (χ2v) is 4.89. The molecule has 0 radical (unpaired) electrons. The zero-order valence-electron chi connectivity index (χ0n) is 11.1. The van der Waals surface area contributed by atoms with Crippen LogP contribution in [0, 0.1) is 20.8 Å². The Hall–Kier alpha value is -1.81. The van der Waals surface area contributed by atoms with Crippen molar-refractivity contribution in [3.05, 3.63) is 41.0 Å². The van der Waals surface area contributed by atoms with E-state index in [4.69, 9.17) is 4.18 Å². The summed E-state index contributed by atoms with van der Waals surface area (Å²) in [6.07, 6.45) is 0. The molecule has 0 saturated carbocycles. The van der Waals surface area contributed by atoms with Gasteiger partial charge in [-0.3, -0.25) is 0 Å². The summed E-state index contributed by atoms with van der Waals surface area (Å²) in [5.41, 5.74) is 4.07. The van der Waals surface area contributed by atoms with E-state index in [1.54, 1.807) is 18.2 Å². The fraction of sp³-hybridized carbons (Fsp3) is 0.200. The van der Waals surface area contributed by atoms with Gasteiger partial charge in [-0.1, -0.05) is 0 Å². The second-order valence-electron chi connectivity index (χ2n) is 4.70. The fourth-order valence-corrected chi connectivity index (χ4v) is 2.18. The molecule has 0 aliphatic rings. The van der Waals surface area contributed by atoms with Crippen molar-refractivity contribution in [2.24, 2.45) is 0 Å². The number of phenolic OH excluding ortho intramolecular Hbond substituents is 2. The summed E-state index contributed by atoms with van der Waals surface area (Å²) < 4.78 is 4.84. The molecule has 0 aliphatic carbocycles. The maximum absolute atomic E-state index is 10.2. The Bertz CT molecular complexity index is 636. The van der Waals surface area contributed by atoms with Gasteiger partial charge in [0, 0.05) is 24.0 Å². The lowest BCUT2D eigenvalue weighted by molar-refractivity contribution is 0.451. The number of hydrogen-bond acceptors (Lipinski definition) is 4. The molecule has 3 nitrogen and oxygen atoms in total. The molecule has 100 valence electrons. The van der Waals surface area contributed by atoms with Crippen molar-refractivity contribution in [2.75, 3.05) is 0 Å². The number of aromatic hydroxyl groups is 2. The van der Waals surface area contributed by atoms with Gasteiger partial charge in [0.1, 0.15) is 5.75 Å². The van der Waals surface area contributed by atoms with Gasteiger partial charge in [0.15, 0.2) is 11.5 Å². The van der Waals surface area contributed by atoms with Crippen LogP contribution in [0.15, 0.2) is 24.3 Å². The smallest absolute Gasteiger partial charge is 0.179 e. The molecule has 0 bridgehead atoms. The molecule has 2 rings (SSSR count). The first kappa shape index (κ1) is 13.6. The Morgan fingerprint density at radius 1 is 0.895 bits per heavy atom. The molecular weight excluding hydrogens is 260 g/mol. The average Bonchev–Trinajstić information content (AvgIpc) is 2.36. The van der Waals surface area contributed by atoms with Crippen LogP contribution < -0.4 is 4.18 Å². The number of thiol groups is 1. The van der Waals surface area contributed by atoms with Crippen molar-refractivity contribution in [3.8, 4) is 28.4 Å². The van der Waals surface area contributed by atoms with Gasteiger partial charge in [-0.25, -0.2) is 0 Å². The van der Waals surface area contributed by atoms with Crippen LogP contribution in [0.25, 0.3) is 11.1 Å². The topological polar surface area (TPSA) is 49.7 Å². The highest BCUT2D eigenvalue weighted by atomic mass is 32.1. The average molecular weight is 276 g/mol. The third kappa shape index (κ3) is 2.49. The number of benzene rings is 2. The normalized spacial score (nSPS) is 10.5. The molecule has 0 unspecified atom stereocenters. The molecule has 0 atom stereocenters. The van der Waals surface area contributed by atoms with Crippen LogP contribution in [0.1, 0.15) is 16.7 Å². The quantitative estimate of drug-likeness (QED) is 0.575. The summed E-state index contributed by atoms with van der Waals surface area (Å²) >= 11 is 3.73. The predicted molar refractivity (Wildman–Crippen MR) is 79.0 cm³/mol. The number of aryl methyl sites for hydroxylation is 3. The van der Waals surface area contributed by atoms with Crippen LogP contribution in [-0.2, 0) is 0 Å². The number of phenols is 2. The Morgan fingerprint density at radius 2 is 1.53 bits per heavy atom. The van der Waals surface area contributed by atoms with Crippen molar-refractivity contribution in [2.45, 2.75) is 20.8 Å². The van der Waals surface area contributed by atoms with Gasteiger partial charge in [-0.2, -0.15) is 0 Å². The Morgan fingerprint density at radius 3 is 2.16 bits per heavy atom. The molecule has 0 heterocycles. The van der Waals surface area contributed by atoms with Gasteiger partial charge < -0.3 is 14.4 Å². The first-order chi connectivity index (χ1) is 8.93. The van der Waals surface area contributed by atoms with E-state index < -0.39 is 0 Å². The van der Waals surface area contributed by atoms with E-state index in [9.17, 15) is 10.2 Å². The Balaban J connectivity index is 2.72. The zero-order valence-corrected chi connectivity index (χ0v) is 12.0. The molecular formula is C15H16O3S. The molecule has 0 spiro atoms. The molecule has 0 saturated heterocycles. The summed E-state index contributed by atoms with van der Waals surface area (Å²) in [5, 5.41) is 20.2. The van der Waals surface area contributed by atoms with E-state index in [1.165, 1.54) is 0 Å². The molecule has 4 heteroatoms. The number of hydrogen-bond donors (Lipinski definition) is 3. The van der Waals surface area contributed by atoms with Crippen LogP contribution in [0.5, 0.6) is 17.2 Å². The lowest BCUT2D eigenvalue weighted by Gasteiger charge is -2.13. The van der Waals surface area contributed by atoms with E-state index in [0.29, 0.717) is 11.1 Å². The summed E-state index contributed by atoms with van der Waals surface area (Å²) in [5.74, 6) is 0.379. The SMILES string of the molecule is Cc1cc(OS)c(O)c(-c2cc(C)c(C)cc2O)c1. The summed E-state index contributed by atoms with van der Waals surface area (Å²) in [6, 6.07) is 7.02.